The van der Waals surface area contributed by atoms with Crippen molar-refractivity contribution in [3.63, 3.8) is 0 Å². The van der Waals surface area contributed by atoms with E-state index in [9.17, 15) is 0 Å². The highest BCUT2D eigenvalue weighted by molar-refractivity contribution is 7.09. The summed E-state index contributed by atoms with van der Waals surface area (Å²) in [5.74, 6) is 0.968. The minimum absolute atomic E-state index is 0.151. The highest BCUT2D eigenvalue weighted by atomic mass is 32.1. The Bertz CT molecular complexity index is 1460. The third-order valence-electron chi connectivity index (χ3n) is 8.19. The molecule has 3 heterocycles. The van der Waals surface area contributed by atoms with Gasteiger partial charge in [-0.3, -0.25) is 0 Å². The number of nitrogens with zero attached hydrogens (tertiary/aromatic N) is 1. The molecule has 42 heavy (non-hydrogen) atoms. The van der Waals surface area contributed by atoms with E-state index in [2.05, 4.69) is 108 Å². The number of hydrogen-bond acceptors (Lipinski definition) is 5. The first-order chi connectivity index (χ1) is 20.7. The lowest BCUT2D eigenvalue weighted by molar-refractivity contribution is 0.0000349. The Morgan fingerprint density at radius 2 is 1.55 bits per heavy atom. The van der Waals surface area contributed by atoms with Crippen LogP contribution in [0.3, 0.4) is 0 Å². The molecule has 1 N–H and O–H groups in total. The lowest BCUT2D eigenvalue weighted by Crippen LogP contribution is -2.41. The Labute approximate surface area is 254 Å². The van der Waals surface area contributed by atoms with E-state index in [-0.39, 0.29) is 6.10 Å². The van der Waals surface area contributed by atoms with E-state index in [1.807, 2.05) is 12.1 Å². The molecule has 2 aliphatic heterocycles. The van der Waals surface area contributed by atoms with Gasteiger partial charge in [0.05, 0.1) is 6.61 Å². The molecule has 0 amide bonds. The van der Waals surface area contributed by atoms with Crippen molar-refractivity contribution in [2.75, 3.05) is 46.4 Å². The summed E-state index contributed by atoms with van der Waals surface area (Å²) in [6.07, 6.45) is 7.95. The maximum atomic E-state index is 5.97. The molecule has 0 spiro atoms. The standard InChI is InChI=1S/C21H21N.C16H19NO2S/c1-22-14-12-18(13-15-22)21-19-8-4-2-6-16(19)10-11-17-7-3-5-9-20(17)21;1-2-6-16(19-12-14-11-17-7-8-18-14)13(4-1)10-15-5-3-9-20-15/h2-11H,12-15H2,1H3;1-6,9,14,17H,7-8,10-12H2. The zero-order valence-corrected chi connectivity index (χ0v) is 25.2. The Balaban J connectivity index is 0.000000151. The molecule has 7 rings (SSSR count). The first kappa shape index (κ1) is 28.6. The number of hydrogen-bond donors (Lipinski definition) is 1. The first-order valence-electron chi connectivity index (χ1n) is 15.1. The average molecular weight is 577 g/mol. The number of rotatable bonds is 5. The summed E-state index contributed by atoms with van der Waals surface area (Å²) in [7, 11) is 2.22. The zero-order chi connectivity index (χ0) is 28.6. The Morgan fingerprint density at radius 1 is 0.857 bits per heavy atom. The fourth-order valence-corrected chi connectivity index (χ4v) is 6.61. The van der Waals surface area contributed by atoms with E-state index in [0.717, 1.165) is 45.0 Å². The Morgan fingerprint density at radius 3 is 2.21 bits per heavy atom. The van der Waals surface area contributed by atoms with Gasteiger partial charge in [-0.25, -0.2) is 0 Å². The number of morpholine rings is 1. The second kappa shape index (κ2) is 14.1. The van der Waals surface area contributed by atoms with Crippen LogP contribution >= 0.6 is 11.3 Å². The van der Waals surface area contributed by atoms with E-state index < -0.39 is 0 Å². The van der Waals surface area contributed by atoms with Crippen molar-refractivity contribution in [2.24, 2.45) is 0 Å². The van der Waals surface area contributed by atoms with Gasteiger partial charge in [-0.2, -0.15) is 0 Å². The second-order valence-electron chi connectivity index (χ2n) is 11.2. The topological polar surface area (TPSA) is 33.7 Å². The molecular weight excluding hydrogens is 536 g/mol. The smallest absolute Gasteiger partial charge is 0.122 e. The van der Waals surface area contributed by atoms with Crippen LogP contribution in [0, 0.1) is 0 Å². The van der Waals surface area contributed by atoms with Crippen molar-refractivity contribution in [3.05, 3.63) is 129 Å². The number of thiophene rings is 1. The van der Waals surface area contributed by atoms with Crippen LogP contribution in [0.4, 0.5) is 0 Å². The average Bonchev–Trinajstić information content (AvgIpc) is 3.49. The molecule has 3 aliphatic rings. The molecule has 1 atom stereocenters. The zero-order valence-electron chi connectivity index (χ0n) is 24.4. The van der Waals surface area contributed by atoms with Gasteiger partial charge in [-0.15, -0.1) is 11.3 Å². The number of nitrogens with one attached hydrogen (secondary N) is 1. The van der Waals surface area contributed by atoms with Crippen molar-refractivity contribution in [2.45, 2.75) is 25.4 Å². The van der Waals surface area contributed by atoms with Crippen LogP contribution in [0.5, 0.6) is 5.75 Å². The maximum Gasteiger partial charge on any atom is 0.122 e. The first-order valence-corrected chi connectivity index (χ1v) is 16.0. The summed E-state index contributed by atoms with van der Waals surface area (Å²) >= 11 is 1.78. The molecule has 2 saturated heterocycles. The minimum atomic E-state index is 0.151. The molecule has 1 unspecified atom stereocenters. The Hall–Kier alpha value is -3.48. The molecule has 0 radical (unpaired) electrons. The lowest BCUT2D eigenvalue weighted by atomic mass is 9.86. The number of para-hydroxylation sites is 1. The number of ether oxygens (including phenoxy) is 2. The number of fused-ring (bicyclic) bond motifs is 2. The summed E-state index contributed by atoms with van der Waals surface area (Å²) in [5, 5.41) is 5.43. The van der Waals surface area contributed by atoms with Crippen molar-refractivity contribution < 1.29 is 9.47 Å². The Kier molecular flexibility index (Phi) is 9.63. The van der Waals surface area contributed by atoms with Crippen LogP contribution in [0.25, 0.3) is 17.7 Å². The van der Waals surface area contributed by atoms with Crippen LogP contribution in [-0.2, 0) is 11.2 Å². The molecule has 0 saturated carbocycles. The molecule has 0 bridgehead atoms. The second-order valence-corrected chi connectivity index (χ2v) is 12.2. The van der Waals surface area contributed by atoms with Gasteiger partial charge in [0.1, 0.15) is 18.5 Å². The summed E-state index contributed by atoms with van der Waals surface area (Å²) in [6.45, 7) is 5.51. The SMILES string of the molecule is CN1CCC(=C2c3ccccc3C=Cc3ccccc32)CC1.c1csc(Cc2ccccc2OCC2CNCCO2)c1. The molecule has 1 aliphatic carbocycles. The fourth-order valence-electron chi connectivity index (χ4n) is 5.89. The van der Waals surface area contributed by atoms with Crippen molar-refractivity contribution >= 4 is 29.1 Å². The van der Waals surface area contributed by atoms with Crippen LogP contribution in [0.2, 0.25) is 0 Å². The summed E-state index contributed by atoms with van der Waals surface area (Å²) in [6, 6.07) is 30.1. The molecule has 2 fully saturated rings. The van der Waals surface area contributed by atoms with E-state index in [1.165, 1.54) is 51.1 Å². The number of piperidine rings is 1. The predicted octanol–water partition coefficient (Wildman–Crippen LogP) is 7.40. The molecule has 5 heteroatoms. The fraction of sp³-hybridized carbons (Fsp3) is 0.297. The van der Waals surface area contributed by atoms with Crippen molar-refractivity contribution in [1.82, 2.24) is 10.2 Å². The summed E-state index contributed by atoms with van der Waals surface area (Å²) in [5.41, 5.74) is 9.77. The van der Waals surface area contributed by atoms with Gasteiger partial charge in [0.15, 0.2) is 0 Å². The number of benzene rings is 3. The van der Waals surface area contributed by atoms with Crippen molar-refractivity contribution in [3.8, 4) is 5.75 Å². The highest BCUT2D eigenvalue weighted by Gasteiger charge is 2.21. The van der Waals surface area contributed by atoms with E-state index >= 15 is 0 Å². The van der Waals surface area contributed by atoms with Crippen molar-refractivity contribution in [1.29, 1.82) is 0 Å². The van der Waals surface area contributed by atoms with Crippen LogP contribution in [-0.4, -0.2) is 57.4 Å². The van der Waals surface area contributed by atoms with Gasteiger partial charge in [0.25, 0.3) is 0 Å². The summed E-state index contributed by atoms with van der Waals surface area (Å²) in [4.78, 5) is 3.79. The largest absolute Gasteiger partial charge is 0.491 e. The highest BCUT2D eigenvalue weighted by Crippen LogP contribution is 2.38. The molecule has 4 aromatic rings. The maximum absolute atomic E-state index is 5.97. The van der Waals surface area contributed by atoms with Gasteiger partial charge in [-0.05, 0) is 70.8 Å². The minimum Gasteiger partial charge on any atom is -0.491 e. The molecule has 216 valence electrons. The van der Waals surface area contributed by atoms with Gasteiger partial charge >= 0.3 is 0 Å². The molecule has 3 aromatic carbocycles. The normalized spacial score (nSPS) is 18.4. The van der Waals surface area contributed by atoms with Gasteiger partial charge < -0.3 is 19.7 Å². The van der Waals surface area contributed by atoms with E-state index in [4.69, 9.17) is 9.47 Å². The molecule has 4 nitrogen and oxygen atoms in total. The van der Waals surface area contributed by atoms with Gasteiger partial charge in [0.2, 0.25) is 0 Å². The third kappa shape index (κ3) is 7.11. The third-order valence-corrected chi connectivity index (χ3v) is 9.07. The van der Waals surface area contributed by atoms with Gasteiger partial charge in [0, 0.05) is 37.5 Å². The summed E-state index contributed by atoms with van der Waals surface area (Å²) < 4.78 is 11.6. The lowest BCUT2D eigenvalue weighted by Gasteiger charge is -2.27. The van der Waals surface area contributed by atoms with E-state index in [1.54, 1.807) is 16.9 Å². The number of likely N-dealkylation sites (tertiary alicyclic amines) is 1. The molecular formula is C37H40N2O2S. The van der Waals surface area contributed by atoms with E-state index in [0.29, 0.717) is 6.61 Å². The van der Waals surface area contributed by atoms with Crippen LogP contribution in [0.1, 0.15) is 45.5 Å². The predicted molar refractivity (Wildman–Crippen MR) is 176 cm³/mol. The van der Waals surface area contributed by atoms with Crippen LogP contribution < -0.4 is 10.1 Å². The molecule has 1 aromatic heterocycles. The van der Waals surface area contributed by atoms with Gasteiger partial charge in [-0.1, -0.05) is 90.5 Å². The monoisotopic (exact) mass is 576 g/mol. The quantitative estimate of drug-likeness (QED) is 0.236. The van der Waals surface area contributed by atoms with Crippen LogP contribution in [0.15, 0.2) is 95.9 Å².